The van der Waals surface area contributed by atoms with Gasteiger partial charge in [0.25, 0.3) is 0 Å². The largest absolute Gasteiger partial charge is 0.343 e. The first-order valence-electron chi connectivity index (χ1n) is 6.48. The Morgan fingerprint density at radius 3 is 2.59 bits per heavy atom. The number of nitrogens with zero attached hydrogens (tertiary/aromatic N) is 1. The Morgan fingerprint density at radius 2 is 2.06 bits per heavy atom. The van der Waals surface area contributed by atoms with Crippen LogP contribution in [0, 0.1) is 5.41 Å². The summed E-state index contributed by atoms with van der Waals surface area (Å²) in [5.74, 6) is 1.45. The zero-order chi connectivity index (χ0) is 12.9. The van der Waals surface area contributed by atoms with Gasteiger partial charge in [-0.3, -0.25) is 4.79 Å². The van der Waals surface area contributed by atoms with E-state index >= 15 is 0 Å². The van der Waals surface area contributed by atoms with Crippen molar-refractivity contribution in [3.8, 4) is 0 Å². The van der Waals surface area contributed by atoms with Gasteiger partial charge in [-0.15, -0.1) is 0 Å². The molecule has 0 aromatic heterocycles. The molecule has 0 aliphatic carbocycles. The average molecular weight is 258 g/mol. The quantitative estimate of drug-likeness (QED) is 0.818. The van der Waals surface area contributed by atoms with E-state index < -0.39 is 0 Å². The van der Waals surface area contributed by atoms with Crippen molar-refractivity contribution in [2.24, 2.45) is 5.41 Å². The Balaban J connectivity index is 2.55. The van der Waals surface area contributed by atoms with Crippen molar-refractivity contribution in [1.82, 2.24) is 10.2 Å². The maximum atomic E-state index is 12.5. The number of rotatable bonds is 5. The third-order valence-corrected chi connectivity index (χ3v) is 4.59. The van der Waals surface area contributed by atoms with Gasteiger partial charge in [0.1, 0.15) is 0 Å². The molecule has 1 atom stereocenters. The number of carbonyl (C=O) groups is 1. The fraction of sp³-hybridized carbons (Fsp3) is 0.923. The summed E-state index contributed by atoms with van der Waals surface area (Å²) in [7, 11) is 1.96. The summed E-state index contributed by atoms with van der Waals surface area (Å²) in [6.45, 7) is 6.21. The van der Waals surface area contributed by atoms with Crippen molar-refractivity contribution < 1.29 is 4.79 Å². The highest BCUT2D eigenvalue weighted by Crippen LogP contribution is 2.30. The summed E-state index contributed by atoms with van der Waals surface area (Å²) < 4.78 is 0. The van der Waals surface area contributed by atoms with E-state index in [0.717, 1.165) is 38.1 Å². The van der Waals surface area contributed by atoms with E-state index in [1.165, 1.54) is 0 Å². The number of carbonyl (C=O) groups excluding carboxylic acids is 1. The van der Waals surface area contributed by atoms with Gasteiger partial charge in [0.15, 0.2) is 0 Å². The van der Waals surface area contributed by atoms with Gasteiger partial charge in [0.05, 0.1) is 0 Å². The molecule has 17 heavy (non-hydrogen) atoms. The van der Waals surface area contributed by atoms with E-state index in [2.05, 4.69) is 25.4 Å². The Morgan fingerprint density at radius 1 is 1.47 bits per heavy atom. The van der Waals surface area contributed by atoms with Crippen LogP contribution in [0.25, 0.3) is 0 Å². The number of piperidine rings is 1. The number of thioether (sulfide) groups is 1. The maximum absolute atomic E-state index is 12.5. The van der Waals surface area contributed by atoms with Gasteiger partial charge in [0.2, 0.25) is 5.91 Å². The molecule has 100 valence electrons. The van der Waals surface area contributed by atoms with Crippen LogP contribution >= 0.6 is 11.8 Å². The topological polar surface area (TPSA) is 32.3 Å². The third-order valence-electron chi connectivity index (χ3n) is 3.94. The summed E-state index contributed by atoms with van der Waals surface area (Å²) in [4.78, 5) is 14.5. The van der Waals surface area contributed by atoms with Crippen molar-refractivity contribution in [1.29, 1.82) is 0 Å². The van der Waals surface area contributed by atoms with Crippen molar-refractivity contribution in [3.05, 3.63) is 0 Å². The van der Waals surface area contributed by atoms with Gasteiger partial charge in [0, 0.05) is 18.5 Å². The molecule has 0 saturated carbocycles. The lowest BCUT2D eigenvalue weighted by atomic mass is 9.79. The molecule has 1 rings (SSSR count). The highest BCUT2D eigenvalue weighted by Gasteiger charge is 2.37. The van der Waals surface area contributed by atoms with Crippen LogP contribution in [-0.2, 0) is 4.79 Å². The first kappa shape index (κ1) is 14.8. The van der Waals surface area contributed by atoms with Gasteiger partial charge in [-0.25, -0.2) is 0 Å². The Kier molecular flexibility index (Phi) is 5.80. The van der Waals surface area contributed by atoms with Crippen LogP contribution in [0.3, 0.4) is 0 Å². The molecule has 1 aliphatic rings. The lowest BCUT2D eigenvalue weighted by Crippen LogP contribution is -2.49. The van der Waals surface area contributed by atoms with Crippen molar-refractivity contribution in [3.63, 3.8) is 0 Å². The molecule has 0 aromatic carbocycles. The van der Waals surface area contributed by atoms with Gasteiger partial charge < -0.3 is 10.2 Å². The fourth-order valence-corrected chi connectivity index (χ4v) is 2.88. The molecule has 1 unspecified atom stereocenters. The van der Waals surface area contributed by atoms with E-state index in [-0.39, 0.29) is 5.41 Å². The number of nitrogens with one attached hydrogen (secondary N) is 1. The molecular weight excluding hydrogens is 232 g/mol. The lowest BCUT2D eigenvalue weighted by molar-refractivity contribution is -0.143. The van der Waals surface area contributed by atoms with E-state index in [1.807, 2.05) is 23.7 Å². The molecule has 1 heterocycles. The molecule has 1 saturated heterocycles. The Hall–Kier alpha value is -0.220. The van der Waals surface area contributed by atoms with Crippen LogP contribution in [0.2, 0.25) is 0 Å². The smallest absolute Gasteiger partial charge is 0.228 e. The fourth-order valence-electron chi connectivity index (χ4n) is 2.30. The van der Waals surface area contributed by atoms with Crippen LogP contribution in [0.1, 0.15) is 33.1 Å². The highest BCUT2D eigenvalue weighted by atomic mass is 32.2. The molecule has 1 aliphatic heterocycles. The second-order valence-corrected chi connectivity index (χ2v) is 6.34. The van der Waals surface area contributed by atoms with Crippen LogP contribution in [0.15, 0.2) is 0 Å². The molecule has 1 fully saturated rings. The van der Waals surface area contributed by atoms with Crippen LogP contribution in [-0.4, -0.2) is 49.0 Å². The minimum atomic E-state index is -0.145. The van der Waals surface area contributed by atoms with Crippen LogP contribution < -0.4 is 5.32 Å². The molecule has 0 spiro atoms. The highest BCUT2D eigenvalue weighted by molar-refractivity contribution is 7.98. The van der Waals surface area contributed by atoms with Gasteiger partial charge >= 0.3 is 0 Å². The number of amides is 1. The summed E-state index contributed by atoms with van der Waals surface area (Å²) in [5.41, 5.74) is -0.145. The Labute approximate surface area is 110 Å². The average Bonchev–Trinajstić information content (AvgIpc) is 2.35. The summed E-state index contributed by atoms with van der Waals surface area (Å²) in [6, 6.07) is 0.349. The summed E-state index contributed by atoms with van der Waals surface area (Å²) in [6.07, 6.45) is 5.12. The summed E-state index contributed by atoms with van der Waals surface area (Å²) in [5, 5.41) is 3.32. The van der Waals surface area contributed by atoms with E-state index in [4.69, 9.17) is 0 Å². The molecular formula is C13H26N2OS. The predicted octanol–water partition coefficient (Wildman–Crippen LogP) is 1.98. The molecule has 4 heteroatoms. The zero-order valence-electron chi connectivity index (χ0n) is 11.6. The number of hydrogen-bond donors (Lipinski definition) is 1. The number of hydrogen-bond acceptors (Lipinski definition) is 3. The molecule has 3 nitrogen and oxygen atoms in total. The second-order valence-electron chi connectivity index (χ2n) is 5.36. The SMILES string of the molecule is CSCCC(C)N(C)C(=O)C1(C)CCNCC1. The lowest BCUT2D eigenvalue weighted by Gasteiger charge is -2.38. The normalized spacial score (nSPS) is 20.9. The summed E-state index contributed by atoms with van der Waals surface area (Å²) >= 11 is 1.85. The van der Waals surface area contributed by atoms with E-state index in [9.17, 15) is 4.79 Å². The first-order valence-corrected chi connectivity index (χ1v) is 7.87. The second kappa shape index (κ2) is 6.64. The molecule has 1 amide bonds. The van der Waals surface area contributed by atoms with Crippen molar-refractivity contribution in [2.75, 3.05) is 32.1 Å². The molecule has 1 N–H and O–H groups in total. The van der Waals surface area contributed by atoms with Gasteiger partial charge in [-0.2, -0.15) is 11.8 Å². The standard InChI is InChI=1S/C13H26N2OS/c1-11(5-10-17-4)15(3)12(16)13(2)6-8-14-9-7-13/h11,14H,5-10H2,1-4H3. The van der Waals surface area contributed by atoms with E-state index in [1.54, 1.807) is 0 Å². The first-order chi connectivity index (χ1) is 8.01. The maximum Gasteiger partial charge on any atom is 0.228 e. The van der Waals surface area contributed by atoms with Crippen LogP contribution in [0.5, 0.6) is 0 Å². The van der Waals surface area contributed by atoms with Gasteiger partial charge in [-0.05, 0) is 51.3 Å². The zero-order valence-corrected chi connectivity index (χ0v) is 12.4. The van der Waals surface area contributed by atoms with Crippen LogP contribution in [0.4, 0.5) is 0 Å². The monoisotopic (exact) mass is 258 g/mol. The molecule has 0 aromatic rings. The van der Waals surface area contributed by atoms with Gasteiger partial charge in [-0.1, -0.05) is 6.92 Å². The minimum absolute atomic E-state index is 0.145. The predicted molar refractivity (Wildman–Crippen MR) is 75.4 cm³/mol. The minimum Gasteiger partial charge on any atom is -0.343 e. The molecule has 0 bridgehead atoms. The molecule has 0 radical (unpaired) electrons. The Bertz CT molecular complexity index is 252. The van der Waals surface area contributed by atoms with Crippen molar-refractivity contribution in [2.45, 2.75) is 39.2 Å². The third kappa shape index (κ3) is 3.88. The van der Waals surface area contributed by atoms with Crippen molar-refractivity contribution >= 4 is 17.7 Å². The van der Waals surface area contributed by atoms with E-state index in [0.29, 0.717) is 11.9 Å².